The smallest absolute Gasteiger partial charge is 0.408 e. The summed E-state index contributed by atoms with van der Waals surface area (Å²) in [5.74, 6) is 0.192. The zero-order valence-corrected chi connectivity index (χ0v) is 16.7. The van der Waals surface area contributed by atoms with Crippen molar-refractivity contribution >= 4 is 12.1 Å². The average Bonchev–Trinajstić information content (AvgIpc) is 2.65. The second-order valence-electron chi connectivity index (χ2n) is 7.34. The number of alkyl carbamates (subject to hydrolysis) is 1. The molecule has 6 nitrogen and oxygen atoms in total. The van der Waals surface area contributed by atoms with Crippen LogP contribution in [-0.4, -0.2) is 30.8 Å². The number of esters is 1. The minimum Gasteiger partial charge on any atom is -0.497 e. The lowest BCUT2D eigenvalue weighted by Crippen LogP contribution is -2.45. The molecule has 150 valence electrons. The Bertz CT molecular complexity index is 766. The monoisotopic (exact) mass is 385 g/mol. The van der Waals surface area contributed by atoms with Gasteiger partial charge in [0.25, 0.3) is 0 Å². The number of carbonyl (C=O) groups excluding carboxylic acids is 2. The molecule has 0 bridgehead atoms. The van der Waals surface area contributed by atoms with Gasteiger partial charge in [0, 0.05) is 6.42 Å². The number of amides is 1. The second-order valence-corrected chi connectivity index (χ2v) is 7.34. The van der Waals surface area contributed by atoms with E-state index in [-0.39, 0.29) is 13.0 Å². The van der Waals surface area contributed by atoms with Crippen LogP contribution >= 0.6 is 0 Å². The molecule has 2 aromatic carbocycles. The number of benzene rings is 2. The summed E-state index contributed by atoms with van der Waals surface area (Å²) < 4.78 is 15.8. The molecule has 0 heterocycles. The summed E-state index contributed by atoms with van der Waals surface area (Å²) in [7, 11) is 1.59. The Morgan fingerprint density at radius 1 is 0.964 bits per heavy atom. The van der Waals surface area contributed by atoms with E-state index < -0.39 is 23.7 Å². The highest BCUT2D eigenvalue weighted by atomic mass is 16.6. The fraction of sp³-hybridized carbons (Fsp3) is 0.364. The van der Waals surface area contributed by atoms with E-state index >= 15 is 0 Å². The first-order valence-electron chi connectivity index (χ1n) is 9.10. The van der Waals surface area contributed by atoms with E-state index in [1.165, 1.54) is 0 Å². The zero-order valence-electron chi connectivity index (χ0n) is 16.7. The summed E-state index contributed by atoms with van der Waals surface area (Å²) in [6, 6.07) is 15.8. The lowest BCUT2D eigenvalue weighted by atomic mass is 10.1. The third-order valence-corrected chi connectivity index (χ3v) is 3.80. The number of ether oxygens (including phenoxy) is 3. The Morgan fingerprint density at radius 3 is 2.18 bits per heavy atom. The summed E-state index contributed by atoms with van der Waals surface area (Å²) in [5.41, 5.74) is 1.07. The molecule has 28 heavy (non-hydrogen) atoms. The Morgan fingerprint density at radius 2 is 1.61 bits per heavy atom. The Labute approximate surface area is 165 Å². The summed E-state index contributed by atoms with van der Waals surface area (Å²) >= 11 is 0. The maximum absolute atomic E-state index is 12.6. The predicted molar refractivity (Wildman–Crippen MR) is 106 cm³/mol. The highest BCUT2D eigenvalue weighted by Gasteiger charge is 2.26. The molecule has 0 saturated carbocycles. The van der Waals surface area contributed by atoms with Gasteiger partial charge in [-0.2, -0.15) is 0 Å². The molecule has 1 N–H and O–H groups in total. The van der Waals surface area contributed by atoms with E-state index in [9.17, 15) is 9.59 Å². The first-order valence-corrected chi connectivity index (χ1v) is 9.10. The normalized spacial score (nSPS) is 12.0. The number of methoxy groups -OCH3 is 1. The summed E-state index contributed by atoms with van der Waals surface area (Å²) in [4.78, 5) is 24.8. The molecule has 0 fully saturated rings. The molecule has 2 rings (SSSR count). The van der Waals surface area contributed by atoms with Crippen LogP contribution in [-0.2, 0) is 27.3 Å². The van der Waals surface area contributed by atoms with Gasteiger partial charge >= 0.3 is 12.1 Å². The van der Waals surface area contributed by atoms with Gasteiger partial charge in [-0.05, 0) is 44.0 Å². The lowest BCUT2D eigenvalue weighted by molar-refractivity contribution is -0.147. The molecule has 0 radical (unpaired) electrons. The van der Waals surface area contributed by atoms with Crippen molar-refractivity contribution < 1.29 is 23.8 Å². The van der Waals surface area contributed by atoms with Gasteiger partial charge in [0.2, 0.25) is 0 Å². The number of hydrogen-bond acceptors (Lipinski definition) is 5. The number of nitrogens with one attached hydrogen (secondary N) is 1. The van der Waals surface area contributed by atoms with Gasteiger partial charge in [0.05, 0.1) is 7.11 Å². The fourth-order valence-corrected chi connectivity index (χ4v) is 2.47. The number of hydrogen-bond donors (Lipinski definition) is 1. The van der Waals surface area contributed by atoms with Crippen LogP contribution < -0.4 is 10.1 Å². The highest BCUT2D eigenvalue weighted by Crippen LogP contribution is 2.14. The number of carbonyl (C=O) groups is 2. The molecule has 0 aliphatic carbocycles. The van der Waals surface area contributed by atoms with Crippen LogP contribution in [0.25, 0.3) is 0 Å². The third-order valence-electron chi connectivity index (χ3n) is 3.80. The maximum Gasteiger partial charge on any atom is 0.408 e. The number of rotatable bonds is 7. The van der Waals surface area contributed by atoms with Crippen molar-refractivity contribution in [3.63, 3.8) is 0 Å². The van der Waals surface area contributed by atoms with E-state index in [4.69, 9.17) is 14.2 Å². The highest BCUT2D eigenvalue weighted by molar-refractivity contribution is 5.81. The van der Waals surface area contributed by atoms with Gasteiger partial charge in [-0.3, -0.25) is 0 Å². The first-order chi connectivity index (χ1) is 13.3. The second kappa shape index (κ2) is 9.78. The molecule has 0 spiro atoms. The predicted octanol–water partition coefficient (Wildman–Crippen LogP) is 3.87. The molecule has 6 heteroatoms. The van der Waals surface area contributed by atoms with Gasteiger partial charge in [-0.15, -0.1) is 0 Å². The van der Waals surface area contributed by atoms with E-state index in [0.717, 1.165) is 11.1 Å². The van der Waals surface area contributed by atoms with Crippen molar-refractivity contribution in [2.24, 2.45) is 0 Å². The lowest BCUT2D eigenvalue weighted by Gasteiger charge is -2.23. The van der Waals surface area contributed by atoms with Gasteiger partial charge in [0.15, 0.2) is 0 Å². The molecule has 0 saturated heterocycles. The molecular weight excluding hydrogens is 358 g/mol. The van der Waals surface area contributed by atoms with Crippen LogP contribution in [0.4, 0.5) is 4.79 Å². The first kappa shape index (κ1) is 21.3. The summed E-state index contributed by atoms with van der Waals surface area (Å²) in [6.07, 6.45) is -0.390. The fourth-order valence-electron chi connectivity index (χ4n) is 2.47. The molecule has 0 aliphatic rings. The third kappa shape index (κ3) is 7.31. The Hall–Kier alpha value is -3.02. The van der Waals surface area contributed by atoms with Crippen molar-refractivity contribution in [3.05, 3.63) is 65.7 Å². The van der Waals surface area contributed by atoms with Crippen LogP contribution in [0.15, 0.2) is 54.6 Å². The minimum atomic E-state index is -0.869. The van der Waals surface area contributed by atoms with Crippen LogP contribution in [0.1, 0.15) is 31.9 Å². The topological polar surface area (TPSA) is 73.9 Å². The summed E-state index contributed by atoms with van der Waals surface area (Å²) in [5, 5.41) is 2.62. The molecular formula is C22H27NO5. The van der Waals surface area contributed by atoms with E-state index in [0.29, 0.717) is 5.75 Å². The van der Waals surface area contributed by atoms with Crippen molar-refractivity contribution in [1.29, 1.82) is 0 Å². The van der Waals surface area contributed by atoms with Gasteiger partial charge in [0.1, 0.15) is 24.0 Å². The minimum absolute atomic E-state index is 0.134. The van der Waals surface area contributed by atoms with Crippen LogP contribution in [0.2, 0.25) is 0 Å². The molecule has 2 aromatic rings. The van der Waals surface area contributed by atoms with Gasteiger partial charge in [-0.1, -0.05) is 42.5 Å². The van der Waals surface area contributed by atoms with E-state index in [1.807, 2.05) is 42.5 Å². The van der Waals surface area contributed by atoms with Gasteiger partial charge < -0.3 is 19.5 Å². The molecule has 1 atom stereocenters. The van der Waals surface area contributed by atoms with Gasteiger partial charge in [-0.25, -0.2) is 9.59 Å². The standard InChI is InChI=1S/C22H27NO5/c1-22(2,3)28-21(25)23-19(14-16-10-12-18(26-4)13-11-16)20(24)27-15-17-8-6-5-7-9-17/h5-13,19H,14-15H2,1-4H3,(H,23,25). The quantitative estimate of drug-likeness (QED) is 0.733. The van der Waals surface area contributed by atoms with Crippen molar-refractivity contribution in [1.82, 2.24) is 5.32 Å². The summed E-state index contributed by atoms with van der Waals surface area (Å²) in [6.45, 7) is 5.42. The van der Waals surface area contributed by atoms with E-state index in [1.54, 1.807) is 40.0 Å². The van der Waals surface area contributed by atoms with Crippen LogP contribution in [0.5, 0.6) is 5.75 Å². The average molecular weight is 385 g/mol. The van der Waals surface area contributed by atoms with Crippen molar-refractivity contribution in [2.45, 2.75) is 45.4 Å². The molecule has 1 unspecified atom stereocenters. The largest absolute Gasteiger partial charge is 0.497 e. The zero-order chi connectivity index (χ0) is 20.6. The SMILES string of the molecule is COc1ccc(CC(NC(=O)OC(C)(C)C)C(=O)OCc2ccccc2)cc1. The van der Waals surface area contributed by atoms with Crippen LogP contribution in [0, 0.1) is 0 Å². The maximum atomic E-state index is 12.6. The Kier molecular flexibility index (Phi) is 7.44. The van der Waals surface area contributed by atoms with Crippen molar-refractivity contribution in [2.75, 3.05) is 7.11 Å². The molecule has 1 amide bonds. The molecule has 0 aliphatic heterocycles. The Balaban J connectivity index is 2.07. The van der Waals surface area contributed by atoms with Crippen LogP contribution in [0.3, 0.4) is 0 Å². The molecule has 0 aromatic heterocycles. The van der Waals surface area contributed by atoms with Crippen molar-refractivity contribution in [3.8, 4) is 5.75 Å². The van der Waals surface area contributed by atoms with E-state index in [2.05, 4.69) is 5.32 Å².